The SMILES string of the molecule is COc1ccccc1N1CCN(CCN2C(=O)C3Sc4ccccc4C3N(C)C2=O)CC1. The van der Waals surface area contributed by atoms with Crippen LogP contribution in [-0.2, 0) is 4.79 Å². The highest BCUT2D eigenvalue weighted by atomic mass is 32.2. The molecule has 8 heteroatoms. The van der Waals surface area contributed by atoms with Crippen LogP contribution in [0, 0.1) is 0 Å². The van der Waals surface area contributed by atoms with E-state index in [1.165, 1.54) is 4.90 Å². The number of methoxy groups -OCH3 is 1. The van der Waals surface area contributed by atoms with Crippen LogP contribution in [0.1, 0.15) is 11.6 Å². The van der Waals surface area contributed by atoms with Crippen molar-refractivity contribution in [2.75, 3.05) is 58.3 Å². The first-order valence-electron chi connectivity index (χ1n) is 11.0. The number of para-hydroxylation sites is 2. The zero-order valence-corrected chi connectivity index (χ0v) is 19.3. The normalized spacial score (nSPS) is 23.4. The van der Waals surface area contributed by atoms with Crippen LogP contribution in [0.5, 0.6) is 5.75 Å². The fraction of sp³-hybridized carbons (Fsp3) is 0.417. The van der Waals surface area contributed by atoms with Crippen molar-refractivity contribution in [3.63, 3.8) is 0 Å². The van der Waals surface area contributed by atoms with E-state index in [4.69, 9.17) is 4.74 Å². The van der Waals surface area contributed by atoms with Gasteiger partial charge in [0.1, 0.15) is 11.0 Å². The summed E-state index contributed by atoms with van der Waals surface area (Å²) in [5.41, 5.74) is 2.19. The van der Waals surface area contributed by atoms with Gasteiger partial charge in [0.15, 0.2) is 0 Å². The molecule has 3 aliphatic rings. The molecule has 2 fully saturated rings. The standard InChI is InChI=1S/C24H28N4O3S/c1-25-21-17-7-3-6-10-20(17)32-22(21)23(29)28(24(25)30)16-13-26-11-14-27(15-12-26)18-8-4-5-9-19(18)31-2/h3-10,21-22H,11-16H2,1-2H3. The highest BCUT2D eigenvalue weighted by Gasteiger charge is 2.49. The predicted octanol–water partition coefficient (Wildman–Crippen LogP) is 2.93. The number of benzene rings is 2. The second-order valence-corrected chi connectivity index (χ2v) is 9.59. The summed E-state index contributed by atoms with van der Waals surface area (Å²) in [6.07, 6.45) is 0. The molecule has 3 aliphatic heterocycles. The Morgan fingerprint density at radius 2 is 1.69 bits per heavy atom. The molecule has 0 saturated carbocycles. The summed E-state index contributed by atoms with van der Waals surface area (Å²) in [4.78, 5) is 35.2. The Kier molecular flexibility index (Phi) is 5.73. The number of urea groups is 1. The molecule has 2 unspecified atom stereocenters. The number of imide groups is 1. The number of thioether (sulfide) groups is 1. The molecule has 0 spiro atoms. The molecule has 2 atom stereocenters. The van der Waals surface area contributed by atoms with Crippen molar-refractivity contribution in [1.29, 1.82) is 0 Å². The number of anilines is 1. The molecule has 32 heavy (non-hydrogen) atoms. The van der Waals surface area contributed by atoms with Crippen LogP contribution in [0.15, 0.2) is 53.4 Å². The second-order valence-electron chi connectivity index (χ2n) is 8.41. The molecular weight excluding hydrogens is 424 g/mol. The Labute approximate surface area is 192 Å². The number of fused-ring (bicyclic) bond motifs is 3. The minimum atomic E-state index is -0.252. The van der Waals surface area contributed by atoms with E-state index in [1.54, 1.807) is 23.8 Å². The topological polar surface area (TPSA) is 56.3 Å². The van der Waals surface area contributed by atoms with Crippen molar-refractivity contribution in [1.82, 2.24) is 14.7 Å². The van der Waals surface area contributed by atoms with Crippen LogP contribution in [-0.4, -0.2) is 85.3 Å². The van der Waals surface area contributed by atoms with Crippen LogP contribution in [0.25, 0.3) is 0 Å². The number of piperazine rings is 1. The van der Waals surface area contributed by atoms with Gasteiger partial charge in [0.25, 0.3) is 0 Å². The Morgan fingerprint density at radius 1 is 0.969 bits per heavy atom. The number of carbonyl (C=O) groups is 2. The minimum Gasteiger partial charge on any atom is -0.495 e. The first-order chi connectivity index (χ1) is 15.6. The summed E-state index contributed by atoms with van der Waals surface area (Å²) >= 11 is 1.58. The van der Waals surface area contributed by atoms with Gasteiger partial charge >= 0.3 is 6.03 Å². The smallest absolute Gasteiger partial charge is 0.327 e. The summed E-state index contributed by atoms with van der Waals surface area (Å²) in [6.45, 7) is 4.67. The third-order valence-corrected chi connectivity index (χ3v) is 8.01. The van der Waals surface area contributed by atoms with E-state index in [2.05, 4.69) is 15.9 Å². The van der Waals surface area contributed by atoms with Gasteiger partial charge in [-0.2, -0.15) is 0 Å². The summed E-state index contributed by atoms with van der Waals surface area (Å²) < 4.78 is 5.50. The number of amides is 3. The largest absolute Gasteiger partial charge is 0.495 e. The fourth-order valence-corrected chi connectivity index (χ4v) is 6.34. The van der Waals surface area contributed by atoms with Gasteiger partial charge in [0.2, 0.25) is 5.91 Å². The van der Waals surface area contributed by atoms with Crippen LogP contribution in [0.2, 0.25) is 0 Å². The first-order valence-corrected chi connectivity index (χ1v) is 11.9. The van der Waals surface area contributed by atoms with Gasteiger partial charge in [-0.25, -0.2) is 4.79 Å². The molecule has 2 aromatic rings. The first kappa shape index (κ1) is 21.2. The quantitative estimate of drug-likeness (QED) is 0.695. The van der Waals surface area contributed by atoms with E-state index in [1.807, 2.05) is 49.5 Å². The summed E-state index contributed by atoms with van der Waals surface area (Å²) in [5, 5.41) is -0.252. The molecule has 168 valence electrons. The molecule has 0 bridgehead atoms. The van der Waals surface area contributed by atoms with Gasteiger partial charge in [0, 0.05) is 51.2 Å². The molecule has 0 N–H and O–H groups in total. The minimum absolute atomic E-state index is 0.0630. The fourth-order valence-electron chi connectivity index (χ4n) is 4.90. The zero-order chi connectivity index (χ0) is 22.2. The van der Waals surface area contributed by atoms with Gasteiger partial charge < -0.3 is 14.5 Å². The lowest BCUT2D eigenvalue weighted by atomic mass is 10.00. The highest BCUT2D eigenvalue weighted by molar-refractivity contribution is 8.01. The van der Waals surface area contributed by atoms with Crippen molar-refractivity contribution in [3.8, 4) is 5.75 Å². The maximum absolute atomic E-state index is 13.2. The molecule has 7 nitrogen and oxygen atoms in total. The molecule has 2 aromatic carbocycles. The summed E-state index contributed by atoms with van der Waals surface area (Å²) in [6, 6.07) is 15.7. The third kappa shape index (κ3) is 3.61. The van der Waals surface area contributed by atoms with Crippen molar-refractivity contribution in [2.24, 2.45) is 0 Å². The van der Waals surface area contributed by atoms with Gasteiger partial charge in [-0.1, -0.05) is 30.3 Å². The maximum atomic E-state index is 13.2. The lowest BCUT2D eigenvalue weighted by Gasteiger charge is -2.41. The van der Waals surface area contributed by atoms with E-state index in [0.29, 0.717) is 13.1 Å². The van der Waals surface area contributed by atoms with Crippen molar-refractivity contribution in [2.45, 2.75) is 16.2 Å². The van der Waals surface area contributed by atoms with Crippen LogP contribution in [0.4, 0.5) is 10.5 Å². The van der Waals surface area contributed by atoms with E-state index in [-0.39, 0.29) is 23.2 Å². The molecule has 0 radical (unpaired) electrons. The van der Waals surface area contributed by atoms with Gasteiger partial charge in [-0.15, -0.1) is 11.8 Å². The number of nitrogens with zero attached hydrogens (tertiary/aromatic N) is 4. The third-order valence-electron chi connectivity index (χ3n) is 6.68. The predicted molar refractivity (Wildman–Crippen MR) is 125 cm³/mol. The number of hydrogen-bond donors (Lipinski definition) is 0. The highest BCUT2D eigenvalue weighted by Crippen LogP contribution is 2.49. The Morgan fingerprint density at radius 3 is 2.47 bits per heavy atom. The molecule has 5 rings (SSSR count). The van der Waals surface area contributed by atoms with Gasteiger partial charge in [-0.3, -0.25) is 14.6 Å². The van der Waals surface area contributed by atoms with Crippen LogP contribution < -0.4 is 9.64 Å². The average Bonchev–Trinajstić information content (AvgIpc) is 3.23. The average molecular weight is 453 g/mol. The molecule has 3 amide bonds. The second kappa shape index (κ2) is 8.67. The number of rotatable bonds is 5. The van der Waals surface area contributed by atoms with Crippen LogP contribution in [0.3, 0.4) is 0 Å². The van der Waals surface area contributed by atoms with Crippen molar-refractivity contribution >= 4 is 29.4 Å². The van der Waals surface area contributed by atoms with Crippen LogP contribution >= 0.6 is 11.8 Å². The molecule has 2 saturated heterocycles. The van der Waals surface area contributed by atoms with E-state index in [0.717, 1.165) is 48.1 Å². The van der Waals surface area contributed by atoms with E-state index < -0.39 is 0 Å². The molecule has 0 aromatic heterocycles. The number of hydrogen-bond acceptors (Lipinski definition) is 6. The number of carbonyl (C=O) groups excluding carboxylic acids is 2. The number of ether oxygens (including phenoxy) is 1. The Bertz CT molecular complexity index is 1020. The van der Waals surface area contributed by atoms with Crippen molar-refractivity contribution < 1.29 is 14.3 Å². The van der Waals surface area contributed by atoms with Gasteiger partial charge in [0.05, 0.1) is 18.8 Å². The molecule has 0 aliphatic carbocycles. The maximum Gasteiger partial charge on any atom is 0.327 e. The summed E-state index contributed by atoms with van der Waals surface area (Å²) in [5.74, 6) is 0.824. The molecular formula is C24H28N4O3S. The lowest BCUT2D eigenvalue weighted by Crippen LogP contribution is -2.59. The lowest BCUT2D eigenvalue weighted by molar-refractivity contribution is -0.131. The monoisotopic (exact) mass is 452 g/mol. The molecule has 3 heterocycles. The summed E-state index contributed by atoms with van der Waals surface area (Å²) in [7, 11) is 3.51. The Hall–Kier alpha value is -2.71. The van der Waals surface area contributed by atoms with E-state index >= 15 is 0 Å². The Balaban J connectivity index is 1.20. The van der Waals surface area contributed by atoms with Crippen molar-refractivity contribution in [3.05, 3.63) is 54.1 Å². The van der Waals surface area contributed by atoms with E-state index in [9.17, 15) is 9.59 Å². The van der Waals surface area contributed by atoms with Gasteiger partial charge in [-0.05, 0) is 23.8 Å². The zero-order valence-electron chi connectivity index (χ0n) is 18.4.